The van der Waals surface area contributed by atoms with Crippen molar-refractivity contribution < 1.29 is 4.74 Å². The van der Waals surface area contributed by atoms with Crippen LogP contribution in [0.3, 0.4) is 0 Å². The molecule has 0 fully saturated rings. The number of para-hydroxylation sites is 1. The maximum absolute atomic E-state index is 5.61. The van der Waals surface area contributed by atoms with Crippen molar-refractivity contribution in [2.24, 2.45) is 5.73 Å². The van der Waals surface area contributed by atoms with Crippen molar-refractivity contribution in [1.82, 2.24) is 0 Å². The lowest BCUT2D eigenvalue weighted by Crippen LogP contribution is -2.15. The van der Waals surface area contributed by atoms with Crippen molar-refractivity contribution in [3.05, 3.63) is 29.8 Å². The maximum Gasteiger partial charge on any atom is 0.106 e. The summed E-state index contributed by atoms with van der Waals surface area (Å²) in [5.74, 6) is 0. The second-order valence-electron chi connectivity index (χ2n) is 3.03. The summed E-state index contributed by atoms with van der Waals surface area (Å²) in [5.41, 5.74) is 7.45. The van der Waals surface area contributed by atoms with E-state index in [9.17, 15) is 0 Å². The number of rotatable bonds is 6. The van der Waals surface area contributed by atoms with Crippen LogP contribution in [0.25, 0.3) is 0 Å². The molecule has 15 heavy (non-hydrogen) atoms. The Bertz CT molecular complexity index is 328. The minimum atomic E-state index is 0.412. The van der Waals surface area contributed by atoms with Gasteiger partial charge in [-0.2, -0.15) is 0 Å². The molecule has 0 saturated carbocycles. The highest BCUT2D eigenvalue weighted by molar-refractivity contribution is 7.80. The molecule has 0 aromatic heterocycles. The van der Waals surface area contributed by atoms with E-state index in [1.807, 2.05) is 31.2 Å². The van der Waals surface area contributed by atoms with E-state index in [4.69, 9.17) is 22.7 Å². The molecule has 1 rings (SSSR count). The van der Waals surface area contributed by atoms with Crippen LogP contribution >= 0.6 is 12.2 Å². The van der Waals surface area contributed by atoms with Gasteiger partial charge < -0.3 is 15.8 Å². The van der Waals surface area contributed by atoms with Gasteiger partial charge in [0.05, 0.1) is 6.61 Å². The first kappa shape index (κ1) is 11.9. The van der Waals surface area contributed by atoms with E-state index in [1.165, 1.54) is 0 Å². The topological polar surface area (TPSA) is 47.3 Å². The molecule has 0 saturated heterocycles. The van der Waals surface area contributed by atoms with Gasteiger partial charge in [0, 0.05) is 24.4 Å². The first-order valence-electron chi connectivity index (χ1n) is 4.96. The Morgan fingerprint density at radius 2 is 2.20 bits per heavy atom. The van der Waals surface area contributed by atoms with Crippen molar-refractivity contribution in [2.75, 3.05) is 25.1 Å². The standard InChI is InChI=1S/C11H16N2OS/c1-2-14-8-7-13-10-6-4-3-5-9(10)11(12)15/h3-6,13H,2,7-8H2,1H3,(H2,12,15). The minimum Gasteiger partial charge on any atom is -0.389 e. The number of ether oxygens (including phenoxy) is 1. The number of hydrogen-bond acceptors (Lipinski definition) is 3. The molecule has 0 aliphatic heterocycles. The van der Waals surface area contributed by atoms with E-state index in [2.05, 4.69) is 5.32 Å². The summed E-state index contributed by atoms with van der Waals surface area (Å²) in [6.45, 7) is 4.15. The predicted molar refractivity (Wildman–Crippen MR) is 67.3 cm³/mol. The molecule has 0 bridgehead atoms. The van der Waals surface area contributed by atoms with Crippen LogP contribution in [0.4, 0.5) is 5.69 Å². The van der Waals surface area contributed by atoms with Crippen LogP contribution in [0.1, 0.15) is 12.5 Å². The molecule has 1 aromatic carbocycles. The summed E-state index contributed by atoms with van der Waals surface area (Å²) in [5, 5.41) is 3.24. The molecular formula is C11H16N2OS. The first-order chi connectivity index (χ1) is 7.25. The van der Waals surface area contributed by atoms with Gasteiger partial charge in [0.15, 0.2) is 0 Å². The fourth-order valence-corrected chi connectivity index (χ4v) is 1.43. The second-order valence-corrected chi connectivity index (χ2v) is 3.47. The molecule has 0 unspecified atom stereocenters. The van der Waals surface area contributed by atoms with Crippen molar-refractivity contribution >= 4 is 22.9 Å². The summed E-state index contributed by atoms with van der Waals surface area (Å²) >= 11 is 4.96. The molecule has 0 aliphatic carbocycles. The fourth-order valence-electron chi connectivity index (χ4n) is 1.25. The van der Waals surface area contributed by atoms with Crippen LogP contribution in [-0.4, -0.2) is 24.7 Å². The SMILES string of the molecule is CCOCCNc1ccccc1C(N)=S. The fraction of sp³-hybridized carbons (Fsp3) is 0.364. The Kier molecular flexibility index (Phi) is 5.07. The Labute approximate surface area is 95.6 Å². The maximum atomic E-state index is 5.61. The van der Waals surface area contributed by atoms with Gasteiger partial charge in [-0.3, -0.25) is 0 Å². The molecule has 0 amide bonds. The molecule has 0 aliphatic rings. The molecule has 82 valence electrons. The van der Waals surface area contributed by atoms with Crippen molar-refractivity contribution in [1.29, 1.82) is 0 Å². The lowest BCUT2D eigenvalue weighted by molar-refractivity contribution is 0.158. The van der Waals surface area contributed by atoms with Crippen molar-refractivity contribution in [2.45, 2.75) is 6.92 Å². The summed E-state index contributed by atoms with van der Waals surface area (Å²) in [4.78, 5) is 0.412. The highest BCUT2D eigenvalue weighted by Crippen LogP contribution is 2.14. The zero-order valence-corrected chi connectivity index (χ0v) is 9.64. The Morgan fingerprint density at radius 1 is 1.47 bits per heavy atom. The number of anilines is 1. The van der Waals surface area contributed by atoms with E-state index in [0.717, 1.165) is 24.4 Å². The average Bonchev–Trinajstić information content (AvgIpc) is 2.25. The molecule has 3 nitrogen and oxygen atoms in total. The molecule has 0 heterocycles. The highest BCUT2D eigenvalue weighted by atomic mass is 32.1. The van der Waals surface area contributed by atoms with Gasteiger partial charge in [-0.1, -0.05) is 24.4 Å². The second kappa shape index (κ2) is 6.37. The monoisotopic (exact) mass is 224 g/mol. The van der Waals surface area contributed by atoms with E-state index in [0.29, 0.717) is 11.6 Å². The highest BCUT2D eigenvalue weighted by Gasteiger charge is 2.02. The molecule has 1 aromatic rings. The molecule has 0 radical (unpaired) electrons. The average molecular weight is 224 g/mol. The van der Waals surface area contributed by atoms with Crippen LogP contribution in [0.2, 0.25) is 0 Å². The summed E-state index contributed by atoms with van der Waals surface area (Å²) in [7, 11) is 0. The third-order valence-corrected chi connectivity index (χ3v) is 2.18. The van der Waals surface area contributed by atoms with Crippen LogP contribution in [0, 0.1) is 0 Å². The summed E-state index contributed by atoms with van der Waals surface area (Å²) < 4.78 is 5.23. The van der Waals surface area contributed by atoms with Gasteiger partial charge in [0.25, 0.3) is 0 Å². The predicted octanol–water partition coefficient (Wildman–Crippen LogP) is 1.77. The van der Waals surface area contributed by atoms with Crippen LogP contribution in [0.5, 0.6) is 0 Å². The van der Waals surface area contributed by atoms with Crippen molar-refractivity contribution in [3.8, 4) is 0 Å². The van der Waals surface area contributed by atoms with Gasteiger partial charge in [-0.25, -0.2) is 0 Å². The molecule has 0 spiro atoms. The lowest BCUT2D eigenvalue weighted by Gasteiger charge is -2.10. The number of hydrogen-bond donors (Lipinski definition) is 2. The number of benzene rings is 1. The molecular weight excluding hydrogens is 208 g/mol. The Morgan fingerprint density at radius 3 is 2.87 bits per heavy atom. The third kappa shape index (κ3) is 3.85. The Balaban J connectivity index is 2.56. The Hall–Kier alpha value is -1.13. The van der Waals surface area contributed by atoms with Crippen LogP contribution in [0.15, 0.2) is 24.3 Å². The van der Waals surface area contributed by atoms with Gasteiger partial charge in [-0.05, 0) is 19.1 Å². The van der Waals surface area contributed by atoms with E-state index in [-0.39, 0.29) is 0 Å². The molecule has 3 N–H and O–H groups in total. The van der Waals surface area contributed by atoms with Crippen molar-refractivity contribution in [3.63, 3.8) is 0 Å². The summed E-state index contributed by atoms with van der Waals surface area (Å²) in [6, 6.07) is 7.73. The lowest BCUT2D eigenvalue weighted by atomic mass is 10.2. The van der Waals surface area contributed by atoms with E-state index >= 15 is 0 Å². The van der Waals surface area contributed by atoms with E-state index < -0.39 is 0 Å². The first-order valence-corrected chi connectivity index (χ1v) is 5.37. The zero-order valence-electron chi connectivity index (χ0n) is 8.82. The van der Waals surface area contributed by atoms with Gasteiger partial charge in [0.1, 0.15) is 4.99 Å². The smallest absolute Gasteiger partial charge is 0.106 e. The number of thiocarbonyl (C=S) groups is 1. The minimum absolute atomic E-state index is 0.412. The largest absolute Gasteiger partial charge is 0.389 e. The summed E-state index contributed by atoms with van der Waals surface area (Å²) in [6.07, 6.45) is 0. The zero-order chi connectivity index (χ0) is 11.1. The number of nitrogens with two attached hydrogens (primary N) is 1. The molecule has 4 heteroatoms. The molecule has 0 atom stereocenters. The van der Waals surface area contributed by atoms with Gasteiger partial charge in [0.2, 0.25) is 0 Å². The normalized spacial score (nSPS) is 9.93. The van der Waals surface area contributed by atoms with E-state index in [1.54, 1.807) is 0 Å². The van der Waals surface area contributed by atoms with Crippen LogP contribution < -0.4 is 11.1 Å². The van der Waals surface area contributed by atoms with Gasteiger partial charge >= 0.3 is 0 Å². The third-order valence-electron chi connectivity index (χ3n) is 1.96. The van der Waals surface area contributed by atoms with Crippen LogP contribution in [-0.2, 0) is 4.74 Å². The quantitative estimate of drug-likeness (QED) is 0.571. The van der Waals surface area contributed by atoms with Gasteiger partial charge in [-0.15, -0.1) is 0 Å². The number of nitrogens with one attached hydrogen (secondary N) is 1.